The van der Waals surface area contributed by atoms with E-state index in [-0.39, 0.29) is 12.4 Å². The minimum Gasteiger partial charge on any atom is -0.468 e. The molecular weight excluding hydrogens is 276 g/mol. The summed E-state index contributed by atoms with van der Waals surface area (Å²) in [6, 6.07) is 7.57. The number of ether oxygens (including phenoxy) is 2. The van der Waals surface area contributed by atoms with Crippen molar-refractivity contribution in [2.75, 3.05) is 20.2 Å². The quantitative estimate of drug-likeness (QED) is 0.501. The zero-order valence-electron chi connectivity index (χ0n) is 11.4. The molecule has 0 aliphatic carbocycles. The fourth-order valence-corrected chi connectivity index (χ4v) is 2.08. The van der Waals surface area contributed by atoms with E-state index in [1.54, 1.807) is 13.3 Å². The molecule has 5 nitrogen and oxygen atoms in total. The molecule has 0 aliphatic rings. The predicted octanol–water partition coefficient (Wildman–Crippen LogP) is 2.07. The zero-order chi connectivity index (χ0) is 14.4. The minimum atomic E-state index is -0.104. The first-order valence-electron chi connectivity index (χ1n) is 6.06. The molecule has 2 rings (SSSR count). The second-order valence-electron chi connectivity index (χ2n) is 4.12. The summed E-state index contributed by atoms with van der Waals surface area (Å²) in [5.74, 6) is 0.717. The summed E-state index contributed by atoms with van der Waals surface area (Å²) in [4.78, 5) is 18.8. The molecule has 0 aliphatic heterocycles. The van der Waals surface area contributed by atoms with Crippen molar-refractivity contribution in [2.24, 2.45) is 0 Å². The summed E-state index contributed by atoms with van der Waals surface area (Å²) in [7, 11) is 1.57. The van der Waals surface area contributed by atoms with Gasteiger partial charge in [-0.25, -0.2) is 4.98 Å². The Kier molecular flexibility index (Phi) is 5.20. The predicted molar refractivity (Wildman–Crippen MR) is 78.4 cm³/mol. The van der Waals surface area contributed by atoms with E-state index in [4.69, 9.17) is 9.47 Å². The van der Waals surface area contributed by atoms with Crippen molar-refractivity contribution in [1.82, 2.24) is 9.97 Å². The maximum Gasteiger partial charge on any atom is 0.255 e. The van der Waals surface area contributed by atoms with Crippen LogP contribution in [-0.2, 0) is 11.2 Å². The van der Waals surface area contributed by atoms with Gasteiger partial charge in [0.2, 0.25) is 0 Å². The van der Waals surface area contributed by atoms with Gasteiger partial charge in [-0.2, -0.15) is 0 Å². The Morgan fingerprint density at radius 3 is 2.95 bits per heavy atom. The van der Waals surface area contributed by atoms with Crippen LogP contribution in [0.5, 0.6) is 5.75 Å². The largest absolute Gasteiger partial charge is 0.468 e. The minimum absolute atomic E-state index is 0.104. The van der Waals surface area contributed by atoms with Crippen LogP contribution in [0.2, 0.25) is 0 Å². The van der Waals surface area contributed by atoms with Gasteiger partial charge in [-0.05, 0) is 24.0 Å². The zero-order valence-corrected chi connectivity index (χ0v) is 12.2. The molecule has 106 valence electrons. The number of nitrogens with one attached hydrogen (secondary N) is 1. The number of methoxy groups -OCH3 is 1. The molecule has 0 fully saturated rings. The third-order valence-corrected chi connectivity index (χ3v) is 3.27. The van der Waals surface area contributed by atoms with Crippen LogP contribution >= 0.6 is 11.8 Å². The van der Waals surface area contributed by atoms with Gasteiger partial charge in [0.25, 0.3) is 5.56 Å². The lowest BCUT2D eigenvalue weighted by Gasteiger charge is -2.07. The van der Waals surface area contributed by atoms with Crippen LogP contribution in [0.4, 0.5) is 0 Å². The van der Waals surface area contributed by atoms with E-state index in [9.17, 15) is 4.79 Å². The Morgan fingerprint density at radius 1 is 1.40 bits per heavy atom. The number of H-pyrrole nitrogens is 1. The number of aromatic amines is 1. The van der Waals surface area contributed by atoms with Gasteiger partial charge >= 0.3 is 0 Å². The third kappa shape index (κ3) is 3.85. The molecular formula is C14H16N2O3S. The monoisotopic (exact) mass is 292 g/mol. The number of benzene rings is 1. The van der Waals surface area contributed by atoms with Gasteiger partial charge in [-0.15, -0.1) is 0 Å². The standard InChI is InChI=1S/C14H16N2O3S/c1-18-9-19-12-5-3-4-10(7-12)6-11-8-15-14(20-2)16-13(11)17/h3-5,7-8H,6,9H2,1-2H3,(H,15,16,17). The molecule has 0 saturated carbocycles. The molecule has 1 N–H and O–H groups in total. The van der Waals surface area contributed by atoms with Crippen LogP contribution in [0, 0.1) is 0 Å². The average Bonchev–Trinajstić information content (AvgIpc) is 2.47. The number of hydrogen-bond acceptors (Lipinski definition) is 5. The second kappa shape index (κ2) is 7.12. The Morgan fingerprint density at radius 2 is 2.25 bits per heavy atom. The van der Waals surface area contributed by atoms with E-state index in [2.05, 4.69) is 9.97 Å². The molecule has 0 spiro atoms. The van der Waals surface area contributed by atoms with Crippen LogP contribution in [0.25, 0.3) is 0 Å². The maximum atomic E-state index is 11.9. The van der Waals surface area contributed by atoms with Crippen LogP contribution in [0.1, 0.15) is 11.1 Å². The van der Waals surface area contributed by atoms with Crippen molar-refractivity contribution in [2.45, 2.75) is 11.6 Å². The van der Waals surface area contributed by atoms with Crippen molar-refractivity contribution in [3.05, 3.63) is 51.9 Å². The van der Waals surface area contributed by atoms with Crippen LogP contribution in [-0.4, -0.2) is 30.1 Å². The van der Waals surface area contributed by atoms with Crippen LogP contribution < -0.4 is 10.3 Å². The van der Waals surface area contributed by atoms with E-state index < -0.39 is 0 Å². The Balaban J connectivity index is 2.15. The lowest BCUT2D eigenvalue weighted by molar-refractivity contribution is 0.0511. The van der Waals surface area contributed by atoms with Gasteiger partial charge in [0.05, 0.1) is 0 Å². The molecule has 1 aromatic heterocycles. The van der Waals surface area contributed by atoms with Crippen molar-refractivity contribution < 1.29 is 9.47 Å². The summed E-state index contributed by atoms with van der Waals surface area (Å²) >= 11 is 1.41. The molecule has 0 saturated heterocycles. The molecule has 6 heteroatoms. The number of thioether (sulfide) groups is 1. The first kappa shape index (κ1) is 14.6. The van der Waals surface area contributed by atoms with Gasteiger partial charge in [-0.3, -0.25) is 4.79 Å². The molecule has 0 bridgehead atoms. The van der Waals surface area contributed by atoms with Gasteiger partial charge in [0, 0.05) is 25.3 Å². The Labute approximate surface area is 121 Å². The average molecular weight is 292 g/mol. The van der Waals surface area contributed by atoms with Gasteiger partial charge in [0.15, 0.2) is 11.9 Å². The summed E-state index contributed by atoms with van der Waals surface area (Å²) < 4.78 is 10.2. The highest BCUT2D eigenvalue weighted by Gasteiger charge is 2.05. The van der Waals surface area contributed by atoms with Crippen molar-refractivity contribution in [1.29, 1.82) is 0 Å². The third-order valence-electron chi connectivity index (χ3n) is 2.68. The van der Waals surface area contributed by atoms with Crippen molar-refractivity contribution in [3.63, 3.8) is 0 Å². The van der Waals surface area contributed by atoms with E-state index in [1.165, 1.54) is 11.8 Å². The van der Waals surface area contributed by atoms with E-state index in [0.717, 1.165) is 11.3 Å². The second-order valence-corrected chi connectivity index (χ2v) is 4.92. The summed E-state index contributed by atoms with van der Waals surface area (Å²) in [5.41, 5.74) is 1.52. The summed E-state index contributed by atoms with van der Waals surface area (Å²) in [5, 5.41) is 0.621. The van der Waals surface area contributed by atoms with Crippen LogP contribution in [0.3, 0.4) is 0 Å². The molecule has 1 heterocycles. The van der Waals surface area contributed by atoms with E-state index in [1.807, 2.05) is 30.5 Å². The lowest BCUT2D eigenvalue weighted by Crippen LogP contribution is -2.14. The topological polar surface area (TPSA) is 64.2 Å². The molecule has 0 radical (unpaired) electrons. The fraction of sp³-hybridized carbons (Fsp3) is 0.286. The number of aromatic nitrogens is 2. The molecule has 2 aromatic rings. The van der Waals surface area contributed by atoms with E-state index in [0.29, 0.717) is 17.1 Å². The van der Waals surface area contributed by atoms with E-state index >= 15 is 0 Å². The van der Waals surface area contributed by atoms with Gasteiger partial charge < -0.3 is 14.5 Å². The highest BCUT2D eigenvalue weighted by molar-refractivity contribution is 7.98. The van der Waals surface area contributed by atoms with Crippen molar-refractivity contribution >= 4 is 11.8 Å². The Hall–Kier alpha value is -1.79. The maximum absolute atomic E-state index is 11.9. The SMILES string of the molecule is COCOc1cccc(Cc2cnc(SC)[nH]c2=O)c1. The summed E-state index contributed by atoms with van der Waals surface area (Å²) in [6.45, 7) is 0.202. The van der Waals surface area contributed by atoms with Gasteiger partial charge in [-0.1, -0.05) is 23.9 Å². The molecule has 1 aromatic carbocycles. The highest BCUT2D eigenvalue weighted by atomic mass is 32.2. The first-order valence-corrected chi connectivity index (χ1v) is 7.28. The molecule has 0 unspecified atom stereocenters. The highest BCUT2D eigenvalue weighted by Crippen LogP contribution is 2.15. The van der Waals surface area contributed by atoms with Crippen molar-refractivity contribution in [3.8, 4) is 5.75 Å². The molecule has 0 amide bonds. The summed E-state index contributed by atoms with van der Waals surface area (Å²) in [6.07, 6.45) is 4.00. The first-order chi connectivity index (χ1) is 9.72. The lowest BCUT2D eigenvalue weighted by atomic mass is 10.1. The normalized spacial score (nSPS) is 10.5. The fourth-order valence-electron chi connectivity index (χ4n) is 1.73. The van der Waals surface area contributed by atoms with Crippen LogP contribution in [0.15, 0.2) is 40.4 Å². The molecule has 0 atom stereocenters. The smallest absolute Gasteiger partial charge is 0.255 e. The number of hydrogen-bond donors (Lipinski definition) is 1. The number of rotatable bonds is 6. The number of nitrogens with zero attached hydrogens (tertiary/aromatic N) is 1. The Bertz CT molecular complexity index is 628. The molecule has 20 heavy (non-hydrogen) atoms. The van der Waals surface area contributed by atoms with Gasteiger partial charge in [0.1, 0.15) is 5.75 Å².